The van der Waals surface area contributed by atoms with Crippen LogP contribution in [-0.4, -0.2) is 0 Å². The Hall–Kier alpha value is -5.08. The van der Waals surface area contributed by atoms with Crippen LogP contribution < -0.4 is 4.90 Å². The topological polar surface area (TPSA) is 16.4 Å². The van der Waals surface area contributed by atoms with Gasteiger partial charge in [-0.1, -0.05) is 98.8 Å². The molecule has 0 radical (unpaired) electrons. The Bertz CT molecular complexity index is 2070. The summed E-state index contributed by atoms with van der Waals surface area (Å²) in [5, 5.41) is 2.30. The van der Waals surface area contributed by atoms with Crippen molar-refractivity contribution in [2.45, 2.75) is 19.3 Å². The van der Waals surface area contributed by atoms with Gasteiger partial charge in [0.2, 0.25) is 0 Å². The van der Waals surface area contributed by atoms with Gasteiger partial charge in [0.05, 0.1) is 11.4 Å². The summed E-state index contributed by atoms with van der Waals surface area (Å²) in [7, 11) is 0. The Kier molecular flexibility index (Phi) is 5.20. The van der Waals surface area contributed by atoms with E-state index in [0.29, 0.717) is 0 Å². The maximum atomic E-state index is 6.11. The van der Waals surface area contributed by atoms with Crippen molar-refractivity contribution < 1.29 is 4.42 Å². The first-order valence-electron chi connectivity index (χ1n) is 14.2. The van der Waals surface area contributed by atoms with Crippen molar-refractivity contribution in [3.63, 3.8) is 0 Å². The molecule has 6 aromatic carbocycles. The maximum absolute atomic E-state index is 6.11. The summed E-state index contributed by atoms with van der Waals surface area (Å²) in [6.45, 7) is 4.72. The number of furan rings is 1. The SMILES string of the molecule is CC1(C)c2cc(-c3ccccc3)ccc2N(c2ccccc2)c2ccc(-c3ccc4oc5ccccc5c4c3)cc21. The predicted molar refractivity (Wildman–Crippen MR) is 171 cm³/mol. The van der Waals surface area contributed by atoms with Gasteiger partial charge >= 0.3 is 0 Å². The minimum atomic E-state index is -0.205. The zero-order valence-electron chi connectivity index (χ0n) is 23.1. The van der Waals surface area contributed by atoms with Gasteiger partial charge in [-0.3, -0.25) is 0 Å². The highest BCUT2D eigenvalue weighted by Gasteiger charge is 2.37. The standard InChI is InChI=1S/C39H29NO/c1-39(2)33-24-28(26-11-5-3-6-12-26)17-20-35(33)40(30-13-7-4-8-14-30)36-21-18-29(25-34(36)39)27-19-22-38-32(23-27)31-15-9-10-16-37(31)41-38/h3-25H,1-2H3. The molecule has 0 bridgehead atoms. The van der Waals surface area contributed by atoms with Gasteiger partial charge in [0.1, 0.15) is 11.2 Å². The van der Waals surface area contributed by atoms with Crippen LogP contribution in [0.5, 0.6) is 0 Å². The number of hydrogen-bond donors (Lipinski definition) is 0. The van der Waals surface area contributed by atoms with Crippen molar-refractivity contribution in [3.8, 4) is 22.3 Å². The fraction of sp³-hybridized carbons (Fsp3) is 0.0769. The lowest BCUT2D eigenvalue weighted by Crippen LogP contribution is -2.30. The van der Waals surface area contributed by atoms with Crippen LogP contribution in [0.3, 0.4) is 0 Å². The van der Waals surface area contributed by atoms with E-state index in [2.05, 4.69) is 146 Å². The van der Waals surface area contributed by atoms with E-state index in [0.717, 1.165) is 27.6 Å². The first-order chi connectivity index (χ1) is 20.1. The summed E-state index contributed by atoms with van der Waals surface area (Å²) in [6, 6.07) is 50.1. The van der Waals surface area contributed by atoms with Crippen LogP contribution in [0.2, 0.25) is 0 Å². The molecule has 0 N–H and O–H groups in total. The smallest absolute Gasteiger partial charge is 0.135 e. The van der Waals surface area contributed by atoms with Crippen molar-refractivity contribution in [1.29, 1.82) is 0 Å². The number of hydrogen-bond acceptors (Lipinski definition) is 2. The zero-order valence-corrected chi connectivity index (χ0v) is 23.1. The normalized spacial score (nSPS) is 13.8. The van der Waals surface area contributed by atoms with Crippen LogP contribution in [0.1, 0.15) is 25.0 Å². The molecule has 2 heterocycles. The second kappa shape index (κ2) is 8.97. The van der Waals surface area contributed by atoms with Gasteiger partial charge in [-0.2, -0.15) is 0 Å². The van der Waals surface area contributed by atoms with Gasteiger partial charge in [-0.15, -0.1) is 0 Å². The van der Waals surface area contributed by atoms with Gasteiger partial charge in [-0.05, 0) is 88.0 Å². The number of nitrogens with zero attached hydrogens (tertiary/aromatic N) is 1. The highest BCUT2D eigenvalue weighted by molar-refractivity contribution is 6.06. The lowest BCUT2D eigenvalue weighted by molar-refractivity contribution is 0.632. The number of anilines is 3. The first kappa shape index (κ1) is 23.8. The Morgan fingerprint density at radius 3 is 1.71 bits per heavy atom. The highest BCUT2D eigenvalue weighted by atomic mass is 16.3. The molecule has 1 aromatic heterocycles. The monoisotopic (exact) mass is 527 g/mol. The van der Waals surface area contributed by atoms with Crippen LogP contribution in [0, 0.1) is 0 Å². The van der Waals surface area contributed by atoms with Crippen molar-refractivity contribution in [2.24, 2.45) is 0 Å². The van der Waals surface area contributed by atoms with Crippen LogP contribution in [0.15, 0.2) is 144 Å². The molecule has 0 unspecified atom stereocenters. The molecule has 0 fully saturated rings. The quantitative estimate of drug-likeness (QED) is 0.227. The maximum Gasteiger partial charge on any atom is 0.135 e. The molecule has 41 heavy (non-hydrogen) atoms. The Morgan fingerprint density at radius 2 is 1.00 bits per heavy atom. The number of benzene rings is 6. The Balaban J connectivity index is 1.33. The molecule has 7 aromatic rings. The van der Waals surface area contributed by atoms with Crippen LogP contribution in [-0.2, 0) is 5.41 Å². The predicted octanol–water partition coefficient (Wildman–Crippen LogP) is 11.0. The average Bonchev–Trinajstić information content (AvgIpc) is 3.40. The fourth-order valence-electron chi connectivity index (χ4n) is 6.49. The van der Waals surface area contributed by atoms with E-state index in [1.807, 2.05) is 12.1 Å². The third-order valence-electron chi connectivity index (χ3n) is 8.65. The third-order valence-corrected chi connectivity index (χ3v) is 8.65. The highest BCUT2D eigenvalue weighted by Crippen LogP contribution is 2.53. The Labute approximate surface area is 240 Å². The van der Waals surface area contributed by atoms with Crippen LogP contribution in [0.4, 0.5) is 17.1 Å². The number of rotatable bonds is 3. The Morgan fingerprint density at radius 1 is 0.463 bits per heavy atom. The van der Waals surface area contributed by atoms with Gasteiger partial charge in [0.15, 0.2) is 0 Å². The van der Waals surface area contributed by atoms with Crippen molar-refractivity contribution in [2.75, 3.05) is 4.90 Å². The van der Waals surface area contributed by atoms with Crippen LogP contribution in [0.25, 0.3) is 44.2 Å². The number of para-hydroxylation sites is 2. The second-order valence-corrected chi connectivity index (χ2v) is 11.4. The van der Waals surface area contributed by atoms with Crippen molar-refractivity contribution >= 4 is 39.0 Å². The lowest BCUT2D eigenvalue weighted by atomic mass is 9.72. The van der Waals surface area contributed by atoms with Gasteiger partial charge in [0, 0.05) is 21.9 Å². The molecular weight excluding hydrogens is 498 g/mol. The van der Waals surface area contributed by atoms with Gasteiger partial charge < -0.3 is 9.32 Å². The molecule has 2 nitrogen and oxygen atoms in total. The summed E-state index contributed by atoms with van der Waals surface area (Å²) in [6.07, 6.45) is 0. The van der Waals surface area contributed by atoms with E-state index < -0.39 is 0 Å². The van der Waals surface area contributed by atoms with Crippen molar-refractivity contribution in [1.82, 2.24) is 0 Å². The minimum absolute atomic E-state index is 0.205. The largest absolute Gasteiger partial charge is 0.456 e. The van der Waals surface area contributed by atoms with Gasteiger partial charge in [0.25, 0.3) is 0 Å². The number of fused-ring (bicyclic) bond motifs is 5. The molecule has 2 heteroatoms. The van der Waals surface area contributed by atoms with Crippen LogP contribution >= 0.6 is 0 Å². The summed E-state index contributed by atoms with van der Waals surface area (Å²) in [5.74, 6) is 0. The van der Waals surface area contributed by atoms with E-state index >= 15 is 0 Å². The summed E-state index contributed by atoms with van der Waals surface area (Å²) in [5.41, 5.74) is 12.8. The lowest BCUT2D eigenvalue weighted by Gasteiger charge is -2.42. The summed E-state index contributed by atoms with van der Waals surface area (Å²) < 4.78 is 6.11. The molecule has 0 saturated heterocycles. The summed E-state index contributed by atoms with van der Waals surface area (Å²) >= 11 is 0. The minimum Gasteiger partial charge on any atom is -0.456 e. The fourth-order valence-corrected chi connectivity index (χ4v) is 6.49. The van der Waals surface area contributed by atoms with E-state index in [4.69, 9.17) is 4.42 Å². The average molecular weight is 528 g/mol. The van der Waals surface area contributed by atoms with E-state index in [1.54, 1.807) is 0 Å². The first-order valence-corrected chi connectivity index (χ1v) is 14.2. The molecule has 8 rings (SSSR count). The van der Waals surface area contributed by atoms with E-state index in [1.165, 1.54) is 44.8 Å². The van der Waals surface area contributed by atoms with Gasteiger partial charge in [-0.25, -0.2) is 0 Å². The third kappa shape index (κ3) is 3.72. The molecule has 0 saturated carbocycles. The van der Waals surface area contributed by atoms with E-state index in [-0.39, 0.29) is 5.41 Å². The molecule has 0 amide bonds. The molecule has 1 aliphatic rings. The molecular formula is C39H29NO. The van der Waals surface area contributed by atoms with E-state index in [9.17, 15) is 0 Å². The molecule has 1 aliphatic heterocycles. The molecule has 0 atom stereocenters. The molecule has 0 spiro atoms. The zero-order chi connectivity index (χ0) is 27.6. The molecule has 196 valence electrons. The summed E-state index contributed by atoms with van der Waals surface area (Å²) in [4.78, 5) is 2.42. The van der Waals surface area contributed by atoms with Crippen molar-refractivity contribution in [3.05, 3.63) is 151 Å². The molecule has 0 aliphatic carbocycles. The second-order valence-electron chi connectivity index (χ2n) is 11.4.